The standard InChI is InChI=1S/C14H18BrF/c15-14(10-11-4-2-1-3-5-11)12-6-8-13(16)9-7-12/h6-9,11,14H,1-5,10H2. The van der Waals surface area contributed by atoms with E-state index in [1.807, 2.05) is 12.1 Å². The summed E-state index contributed by atoms with van der Waals surface area (Å²) in [7, 11) is 0. The van der Waals surface area contributed by atoms with Crippen LogP contribution in [0.4, 0.5) is 4.39 Å². The quantitative estimate of drug-likeness (QED) is 0.667. The van der Waals surface area contributed by atoms with Crippen LogP contribution in [0.2, 0.25) is 0 Å². The molecule has 0 heterocycles. The molecule has 0 N–H and O–H groups in total. The van der Waals surface area contributed by atoms with Crippen molar-refractivity contribution in [2.24, 2.45) is 5.92 Å². The first kappa shape index (κ1) is 12.1. The van der Waals surface area contributed by atoms with E-state index in [9.17, 15) is 4.39 Å². The van der Waals surface area contributed by atoms with E-state index >= 15 is 0 Å². The highest BCUT2D eigenvalue weighted by Crippen LogP contribution is 2.36. The van der Waals surface area contributed by atoms with Gasteiger partial charge in [-0.3, -0.25) is 0 Å². The van der Waals surface area contributed by atoms with E-state index < -0.39 is 0 Å². The largest absolute Gasteiger partial charge is 0.207 e. The molecule has 1 aliphatic rings. The highest BCUT2D eigenvalue weighted by molar-refractivity contribution is 9.09. The topological polar surface area (TPSA) is 0 Å². The van der Waals surface area contributed by atoms with Crippen LogP contribution in [0, 0.1) is 11.7 Å². The first-order valence-electron chi connectivity index (χ1n) is 6.15. The van der Waals surface area contributed by atoms with Gasteiger partial charge in [0.15, 0.2) is 0 Å². The van der Waals surface area contributed by atoms with Crippen LogP contribution in [-0.2, 0) is 0 Å². The Labute approximate surface area is 105 Å². The summed E-state index contributed by atoms with van der Waals surface area (Å²) in [6, 6.07) is 6.87. The summed E-state index contributed by atoms with van der Waals surface area (Å²) in [6.07, 6.45) is 8.08. The molecule has 1 aromatic carbocycles. The van der Waals surface area contributed by atoms with Gasteiger partial charge in [0.25, 0.3) is 0 Å². The maximum Gasteiger partial charge on any atom is 0.123 e. The van der Waals surface area contributed by atoms with Gasteiger partial charge in [-0.15, -0.1) is 0 Å². The van der Waals surface area contributed by atoms with E-state index in [-0.39, 0.29) is 5.82 Å². The molecule has 16 heavy (non-hydrogen) atoms. The number of benzene rings is 1. The van der Waals surface area contributed by atoms with Crippen LogP contribution in [0.3, 0.4) is 0 Å². The van der Waals surface area contributed by atoms with Gasteiger partial charge in [-0.25, -0.2) is 4.39 Å². The van der Waals surface area contributed by atoms with Crippen LogP contribution in [-0.4, -0.2) is 0 Å². The minimum atomic E-state index is -0.152. The minimum Gasteiger partial charge on any atom is -0.207 e. The lowest BCUT2D eigenvalue weighted by Crippen LogP contribution is -2.08. The zero-order valence-corrected chi connectivity index (χ0v) is 11.0. The van der Waals surface area contributed by atoms with Gasteiger partial charge < -0.3 is 0 Å². The lowest BCUT2D eigenvalue weighted by Gasteiger charge is -2.24. The fourth-order valence-electron chi connectivity index (χ4n) is 2.52. The highest BCUT2D eigenvalue weighted by Gasteiger charge is 2.18. The molecule has 0 aliphatic heterocycles. The Hall–Kier alpha value is -0.370. The summed E-state index contributed by atoms with van der Waals surface area (Å²) in [6.45, 7) is 0. The summed E-state index contributed by atoms with van der Waals surface area (Å²) in [4.78, 5) is 0.385. The predicted molar refractivity (Wildman–Crippen MR) is 69.3 cm³/mol. The van der Waals surface area contributed by atoms with Crippen LogP contribution in [0.15, 0.2) is 24.3 Å². The summed E-state index contributed by atoms with van der Waals surface area (Å²) in [5.41, 5.74) is 1.20. The lowest BCUT2D eigenvalue weighted by atomic mass is 9.85. The van der Waals surface area contributed by atoms with E-state index in [1.165, 1.54) is 44.1 Å². The van der Waals surface area contributed by atoms with Gasteiger partial charge >= 0.3 is 0 Å². The molecule has 0 spiro atoms. The Morgan fingerprint density at radius 3 is 2.38 bits per heavy atom. The zero-order chi connectivity index (χ0) is 11.4. The Morgan fingerprint density at radius 1 is 1.12 bits per heavy atom. The molecule has 0 radical (unpaired) electrons. The van der Waals surface area contributed by atoms with Crippen LogP contribution >= 0.6 is 15.9 Å². The van der Waals surface area contributed by atoms with Crippen molar-refractivity contribution in [1.82, 2.24) is 0 Å². The first-order valence-corrected chi connectivity index (χ1v) is 7.07. The molecule has 0 bridgehead atoms. The van der Waals surface area contributed by atoms with Crippen molar-refractivity contribution < 1.29 is 4.39 Å². The molecule has 1 aromatic rings. The van der Waals surface area contributed by atoms with Crippen molar-refractivity contribution in [2.75, 3.05) is 0 Å². The van der Waals surface area contributed by atoms with Gasteiger partial charge in [0.05, 0.1) is 0 Å². The lowest BCUT2D eigenvalue weighted by molar-refractivity contribution is 0.338. The molecule has 0 amide bonds. The minimum absolute atomic E-state index is 0.152. The van der Waals surface area contributed by atoms with E-state index in [1.54, 1.807) is 12.1 Å². The van der Waals surface area contributed by atoms with Gasteiger partial charge in [0.2, 0.25) is 0 Å². The number of hydrogen-bond donors (Lipinski definition) is 0. The van der Waals surface area contributed by atoms with Gasteiger partial charge in [0.1, 0.15) is 5.82 Å². The molecule has 0 nitrogen and oxygen atoms in total. The third kappa shape index (κ3) is 3.31. The van der Waals surface area contributed by atoms with E-state index in [4.69, 9.17) is 0 Å². The molecule has 1 aliphatic carbocycles. The molecule has 1 unspecified atom stereocenters. The van der Waals surface area contributed by atoms with Crippen molar-refractivity contribution in [3.63, 3.8) is 0 Å². The van der Waals surface area contributed by atoms with Gasteiger partial charge in [-0.05, 0) is 30.0 Å². The Morgan fingerprint density at radius 2 is 1.75 bits per heavy atom. The molecule has 2 heteroatoms. The van der Waals surface area contributed by atoms with Gasteiger partial charge in [-0.1, -0.05) is 60.2 Å². The van der Waals surface area contributed by atoms with Crippen LogP contribution in [0.5, 0.6) is 0 Å². The predicted octanol–water partition coefficient (Wildman–Crippen LogP) is 5.23. The Balaban J connectivity index is 1.91. The maximum atomic E-state index is 12.8. The van der Waals surface area contributed by atoms with Gasteiger partial charge in [-0.2, -0.15) is 0 Å². The first-order chi connectivity index (χ1) is 7.75. The van der Waals surface area contributed by atoms with Crippen molar-refractivity contribution in [3.8, 4) is 0 Å². The second-order valence-electron chi connectivity index (χ2n) is 4.76. The Bertz CT molecular complexity index is 314. The number of rotatable bonds is 3. The van der Waals surface area contributed by atoms with Crippen molar-refractivity contribution >= 4 is 15.9 Å². The average Bonchev–Trinajstić information content (AvgIpc) is 2.31. The van der Waals surface area contributed by atoms with Crippen molar-refractivity contribution in [3.05, 3.63) is 35.6 Å². The summed E-state index contributed by atoms with van der Waals surface area (Å²) in [5, 5.41) is 0. The maximum absolute atomic E-state index is 12.8. The molecule has 88 valence electrons. The molecule has 1 saturated carbocycles. The molecule has 1 fully saturated rings. The SMILES string of the molecule is Fc1ccc(C(Br)CC2CCCCC2)cc1. The second kappa shape index (κ2) is 5.81. The monoisotopic (exact) mass is 284 g/mol. The molecule has 2 rings (SSSR count). The normalized spacial score (nSPS) is 19.6. The smallest absolute Gasteiger partial charge is 0.123 e. The second-order valence-corrected chi connectivity index (χ2v) is 5.86. The van der Waals surface area contributed by atoms with Crippen molar-refractivity contribution in [1.29, 1.82) is 0 Å². The third-order valence-electron chi connectivity index (χ3n) is 3.50. The number of halogens is 2. The van der Waals surface area contributed by atoms with Crippen molar-refractivity contribution in [2.45, 2.75) is 43.4 Å². The van der Waals surface area contributed by atoms with Crippen LogP contribution < -0.4 is 0 Å². The zero-order valence-electron chi connectivity index (χ0n) is 9.46. The van der Waals surface area contributed by atoms with E-state index in [0.717, 1.165) is 5.92 Å². The molecule has 0 aromatic heterocycles. The fraction of sp³-hybridized carbons (Fsp3) is 0.571. The van der Waals surface area contributed by atoms with Gasteiger partial charge in [0, 0.05) is 4.83 Å². The van der Waals surface area contributed by atoms with E-state index in [0.29, 0.717) is 4.83 Å². The number of hydrogen-bond acceptors (Lipinski definition) is 0. The summed E-state index contributed by atoms with van der Waals surface area (Å²) in [5.74, 6) is 0.698. The number of alkyl halides is 1. The third-order valence-corrected chi connectivity index (χ3v) is 4.40. The Kier molecular flexibility index (Phi) is 4.39. The van der Waals surface area contributed by atoms with E-state index in [2.05, 4.69) is 15.9 Å². The molecular weight excluding hydrogens is 267 g/mol. The van der Waals surface area contributed by atoms with Crippen LogP contribution in [0.25, 0.3) is 0 Å². The average molecular weight is 285 g/mol. The molecule has 0 saturated heterocycles. The fourth-order valence-corrected chi connectivity index (χ4v) is 3.36. The molecular formula is C14H18BrF. The highest BCUT2D eigenvalue weighted by atomic mass is 79.9. The summed E-state index contributed by atoms with van der Waals surface area (Å²) < 4.78 is 12.8. The van der Waals surface area contributed by atoms with Crippen LogP contribution in [0.1, 0.15) is 48.9 Å². The molecule has 1 atom stereocenters. The summed E-state index contributed by atoms with van der Waals surface area (Å²) >= 11 is 3.72.